The van der Waals surface area contributed by atoms with Crippen molar-refractivity contribution in [1.29, 1.82) is 0 Å². The highest BCUT2D eigenvalue weighted by Gasteiger charge is 2.23. The molecule has 6 heteroatoms. The molecule has 1 aliphatic carbocycles. The number of nitrogens with one attached hydrogen (secondary N) is 1. The fraction of sp³-hybridized carbons (Fsp3) is 0.412. The number of methoxy groups -OCH3 is 2. The lowest BCUT2D eigenvalue weighted by Crippen LogP contribution is -2.14. The molecular formula is C17H20N2O4. The fourth-order valence-electron chi connectivity index (χ4n) is 2.81. The second-order valence-electron chi connectivity index (χ2n) is 5.55. The predicted octanol–water partition coefficient (Wildman–Crippen LogP) is 3.21. The number of carbonyl (C=O) groups excluding carboxylic acids is 1. The number of hydrogen-bond acceptors (Lipinski definition) is 5. The fourth-order valence-corrected chi connectivity index (χ4v) is 2.81. The lowest BCUT2D eigenvalue weighted by Gasteiger charge is -2.09. The van der Waals surface area contributed by atoms with E-state index in [0.29, 0.717) is 22.9 Å². The highest BCUT2D eigenvalue weighted by Crippen LogP contribution is 2.27. The molecule has 2 aromatic rings. The second-order valence-corrected chi connectivity index (χ2v) is 5.55. The number of rotatable bonds is 4. The average Bonchev–Trinajstić information content (AvgIpc) is 2.83. The zero-order valence-corrected chi connectivity index (χ0v) is 13.3. The normalized spacial score (nSPS) is 13.8. The first kappa shape index (κ1) is 15.4. The van der Waals surface area contributed by atoms with Gasteiger partial charge >= 0.3 is 0 Å². The Labute approximate surface area is 134 Å². The number of hydrogen-bond donors (Lipinski definition) is 1. The van der Waals surface area contributed by atoms with E-state index in [0.717, 1.165) is 43.4 Å². The van der Waals surface area contributed by atoms with Crippen LogP contribution in [0.4, 0.5) is 5.69 Å². The molecule has 3 rings (SSSR count). The third kappa shape index (κ3) is 3.31. The van der Waals surface area contributed by atoms with Crippen molar-refractivity contribution in [3.63, 3.8) is 0 Å². The molecule has 1 aliphatic rings. The first-order valence-corrected chi connectivity index (χ1v) is 7.73. The van der Waals surface area contributed by atoms with Crippen LogP contribution in [0.15, 0.2) is 22.7 Å². The molecule has 0 bridgehead atoms. The third-order valence-corrected chi connectivity index (χ3v) is 4.02. The highest BCUT2D eigenvalue weighted by atomic mass is 16.5. The van der Waals surface area contributed by atoms with E-state index in [-0.39, 0.29) is 5.91 Å². The number of aromatic nitrogens is 1. The predicted molar refractivity (Wildman–Crippen MR) is 85.3 cm³/mol. The first-order valence-electron chi connectivity index (χ1n) is 7.73. The van der Waals surface area contributed by atoms with Gasteiger partial charge in [0.05, 0.1) is 14.2 Å². The van der Waals surface area contributed by atoms with E-state index in [1.54, 1.807) is 32.4 Å². The maximum absolute atomic E-state index is 12.5. The number of anilines is 1. The largest absolute Gasteiger partial charge is 0.497 e. The minimum Gasteiger partial charge on any atom is -0.497 e. The SMILES string of the molecule is COc1cc(NC(=O)c2noc3c2CCCCC3)cc(OC)c1. The molecule has 0 saturated carbocycles. The van der Waals surface area contributed by atoms with Crippen LogP contribution in [0.2, 0.25) is 0 Å². The van der Waals surface area contributed by atoms with Crippen molar-refractivity contribution < 1.29 is 18.8 Å². The van der Waals surface area contributed by atoms with Crippen molar-refractivity contribution in [2.45, 2.75) is 32.1 Å². The zero-order valence-electron chi connectivity index (χ0n) is 13.3. The van der Waals surface area contributed by atoms with Crippen LogP contribution in [0.25, 0.3) is 0 Å². The van der Waals surface area contributed by atoms with Gasteiger partial charge in [-0.3, -0.25) is 4.79 Å². The molecule has 0 unspecified atom stereocenters. The van der Waals surface area contributed by atoms with Gasteiger partial charge in [-0.1, -0.05) is 11.6 Å². The maximum atomic E-state index is 12.5. The van der Waals surface area contributed by atoms with Crippen LogP contribution in [-0.2, 0) is 12.8 Å². The van der Waals surface area contributed by atoms with Crippen molar-refractivity contribution in [2.75, 3.05) is 19.5 Å². The summed E-state index contributed by atoms with van der Waals surface area (Å²) in [6.07, 6.45) is 4.97. The summed E-state index contributed by atoms with van der Waals surface area (Å²) in [6.45, 7) is 0. The smallest absolute Gasteiger partial charge is 0.278 e. The molecule has 0 radical (unpaired) electrons. The molecule has 6 nitrogen and oxygen atoms in total. The number of nitrogens with zero attached hydrogens (tertiary/aromatic N) is 1. The van der Waals surface area contributed by atoms with Crippen LogP contribution in [0.3, 0.4) is 0 Å². The van der Waals surface area contributed by atoms with Crippen molar-refractivity contribution in [3.05, 3.63) is 35.2 Å². The van der Waals surface area contributed by atoms with Crippen molar-refractivity contribution in [2.24, 2.45) is 0 Å². The van der Waals surface area contributed by atoms with Gasteiger partial charge in [-0.05, 0) is 19.3 Å². The van der Waals surface area contributed by atoms with Crippen molar-refractivity contribution in [3.8, 4) is 11.5 Å². The minimum atomic E-state index is -0.271. The van der Waals surface area contributed by atoms with Gasteiger partial charge in [0.2, 0.25) is 0 Å². The molecule has 1 aromatic carbocycles. The van der Waals surface area contributed by atoms with E-state index < -0.39 is 0 Å². The second kappa shape index (κ2) is 6.73. The van der Waals surface area contributed by atoms with Crippen molar-refractivity contribution >= 4 is 11.6 Å². The Morgan fingerprint density at radius 2 is 1.78 bits per heavy atom. The first-order chi connectivity index (χ1) is 11.2. The number of amides is 1. The maximum Gasteiger partial charge on any atom is 0.278 e. The number of aryl methyl sites for hydroxylation is 1. The topological polar surface area (TPSA) is 73.6 Å². The molecule has 0 fully saturated rings. The summed E-state index contributed by atoms with van der Waals surface area (Å²) >= 11 is 0. The summed E-state index contributed by atoms with van der Waals surface area (Å²) in [7, 11) is 3.13. The molecule has 0 atom stereocenters. The quantitative estimate of drug-likeness (QED) is 0.877. The van der Waals surface area contributed by atoms with Crippen molar-refractivity contribution in [1.82, 2.24) is 5.16 Å². The molecule has 1 aromatic heterocycles. The molecular weight excluding hydrogens is 296 g/mol. The van der Waals surface area contributed by atoms with Gasteiger partial charge in [0.1, 0.15) is 17.3 Å². The molecule has 122 valence electrons. The monoisotopic (exact) mass is 316 g/mol. The van der Waals surface area contributed by atoms with Crippen LogP contribution in [0.5, 0.6) is 11.5 Å². The van der Waals surface area contributed by atoms with Crippen LogP contribution in [0.1, 0.15) is 41.1 Å². The van der Waals surface area contributed by atoms with Gasteiger partial charge in [-0.25, -0.2) is 0 Å². The molecule has 23 heavy (non-hydrogen) atoms. The van der Waals surface area contributed by atoms with E-state index in [1.165, 1.54) is 0 Å². The highest BCUT2D eigenvalue weighted by molar-refractivity contribution is 6.04. The Bertz CT molecular complexity index is 686. The summed E-state index contributed by atoms with van der Waals surface area (Å²) in [5.74, 6) is 1.79. The summed E-state index contributed by atoms with van der Waals surface area (Å²) in [4.78, 5) is 12.5. The van der Waals surface area contributed by atoms with Gasteiger partial charge in [0.15, 0.2) is 5.69 Å². The standard InChI is InChI=1S/C17H20N2O4/c1-21-12-8-11(9-13(10-12)22-2)18-17(20)16-14-6-4-3-5-7-15(14)23-19-16/h8-10H,3-7H2,1-2H3,(H,18,20). The molecule has 0 spiro atoms. The summed E-state index contributed by atoms with van der Waals surface area (Å²) < 4.78 is 15.8. The van der Waals surface area contributed by atoms with E-state index in [2.05, 4.69) is 10.5 Å². The third-order valence-electron chi connectivity index (χ3n) is 4.02. The molecule has 1 heterocycles. The Kier molecular flexibility index (Phi) is 4.50. The van der Waals surface area contributed by atoms with Crippen LogP contribution in [-0.4, -0.2) is 25.3 Å². The Morgan fingerprint density at radius 3 is 2.48 bits per heavy atom. The Balaban J connectivity index is 1.83. The van der Waals surface area contributed by atoms with Gasteiger partial charge in [-0.2, -0.15) is 0 Å². The summed E-state index contributed by atoms with van der Waals surface area (Å²) in [6, 6.07) is 5.22. The lowest BCUT2D eigenvalue weighted by molar-refractivity contribution is 0.101. The number of carbonyl (C=O) groups is 1. The van der Waals surface area contributed by atoms with E-state index >= 15 is 0 Å². The average molecular weight is 316 g/mol. The van der Waals surface area contributed by atoms with E-state index in [4.69, 9.17) is 14.0 Å². The van der Waals surface area contributed by atoms with Gasteiger partial charge in [-0.15, -0.1) is 0 Å². The Morgan fingerprint density at radius 1 is 1.09 bits per heavy atom. The minimum absolute atomic E-state index is 0.271. The number of benzene rings is 1. The van der Waals surface area contributed by atoms with Gasteiger partial charge in [0.25, 0.3) is 5.91 Å². The number of ether oxygens (including phenoxy) is 2. The lowest BCUT2D eigenvalue weighted by atomic mass is 10.1. The summed E-state index contributed by atoms with van der Waals surface area (Å²) in [5, 5.41) is 6.81. The van der Waals surface area contributed by atoms with Crippen LogP contribution >= 0.6 is 0 Å². The summed E-state index contributed by atoms with van der Waals surface area (Å²) in [5.41, 5.74) is 1.91. The van der Waals surface area contributed by atoms with Crippen LogP contribution < -0.4 is 14.8 Å². The molecule has 1 amide bonds. The van der Waals surface area contributed by atoms with E-state index in [1.807, 2.05) is 0 Å². The zero-order chi connectivity index (χ0) is 16.2. The van der Waals surface area contributed by atoms with E-state index in [9.17, 15) is 4.79 Å². The molecule has 0 saturated heterocycles. The van der Waals surface area contributed by atoms with Gasteiger partial charge < -0.3 is 19.3 Å². The Hall–Kier alpha value is -2.50. The molecule has 1 N–H and O–H groups in total. The van der Waals surface area contributed by atoms with Gasteiger partial charge in [0, 0.05) is 35.9 Å². The molecule has 0 aliphatic heterocycles. The van der Waals surface area contributed by atoms with Crippen LogP contribution in [0, 0.1) is 0 Å². The number of fused-ring (bicyclic) bond motifs is 1.